The van der Waals surface area contributed by atoms with Gasteiger partial charge in [0.2, 0.25) is 0 Å². The Morgan fingerprint density at radius 3 is 2.85 bits per heavy atom. The highest BCUT2D eigenvalue weighted by Crippen LogP contribution is 2.16. The smallest absolute Gasteiger partial charge is 0.0734 e. The molecule has 1 nitrogen and oxygen atoms in total. The van der Waals surface area contributed by atoms with Crippen molar-refractivity contribution in [2.45, 2.75) is 12.8 Å². The van der Waals surface area contributed by atoms with Crippen molar-refractivity contribution >= 4 is 22.5 Å². The normalized spacial score (nSPS) is 10.6. The summed E-state index contributed by atoms with van der Waals surface area (Å²) in [7, 11) is 0. The molecule has 0 aliphatic heterocycles. The summed E-state index contributed by atoms with van der Waals surface area (Å²) in [5, 5.41) is 1.17. The molecule has 0 unspecified atom stereocenters. The zero-order valence-corrected chi connectivity index (χ0v) is 8.17. The van der Waals surface area contributed by atoms with E-state index < -0.39 is 0 Å². The Hall–Kier alpha value is -1.08. The maximum Gasteiger partial charge on any atom is 0.0734 e. The molecule has 0 atom stereocenters. The second-order valence-electron chi connectivity index (χ2n) is 3.08. The Morgan fingerprint density at radius 2 is 2.08 bits per heavy atom. The number of fused-ring (bicyclic) bond motifs is 1. The second kappa shape index (κ2) is 3.35. The summed E-state index contributed by atoms with van der Waals surface area (Å²) in [6.07, 6.45) is 0. The van der Waals surface area contributed by atoms with Crippen LogP contribution in [0.1, 0.15) is 11.3 Å². The van der Waals surface area contributed by atoms with E-state index >= 15 is 0 Å². The summed E-state index contributed by atoms with van der Waals surface area (Å²) in [5.74, 6) is 0.476. The van der Waals surface area contributed by atoms with Gasteiger partial charge in [0, 0.05) is 5.39 Å². The van der Waals surface area contributed by atoms with Gasteiger partial charge in [-0.15, -0.1) is 11.6 Å². The number of aromatic nitrogens is 1. The topological polar surface area (TPSA) is 12.9 Å². The van der Waals surface area contributed by atoms with Gasteiger partial charge in [0.1, 0.15) is 0 Å². The lowest BCUT2D eigenvalue weighted by atomic mass is 10.1. The van der Waals surface area contributed by atoms with Gasteiger partial charge in [-0.2, -0.15) is 0 Å². The molecule has 2 aromatic rings. The number of pyridine rings is 1. The lowest BCUT2D eigenvalue weighted by Crippen LogP contribution is -1.88. The fourth-order valence-corrected chi connectivity index (χ4v) is 1.56. The maximum atomic E-state index is 5.72. The highest BCUT2D eigenvalue weighted by atomic mass is 35.5. The first-order valence-corrected chi connectivity index (χ1v) is 4.76. The molecule has 0 saturated carbocycles. The number of halogens is 1. The van der Waals surface area contributed by atoms with Crippen LogP contribution >= 0.6 is 11.6 Å². The molecule has 0 fully saturated rings. The number of alkyl halides is 1. The van der Waals surface area contributed by atoms with Gasteiger partial charge in [0.25, 0.3) is 0 Å². The van der Waals surface area contributed by atoms with Gasteiger partial charge in [-0.25, -0.2) is 0 Å². The standard InChI is InChI=1S/C11H10ClN/c1-8-3-2-4-9-5-6-10(7-12)13-11(8)9/h2-6H,7H2,1H3. The molecular formula is C11H10ClN. The van der Waals surface area contributed by atoms with Gasteiger partial charge in [-0.1, -0.05) is 24.3 Å². The van der Waals surface area contributed by atoms with Crippen LogP contribution in [0.15, 0.2) is 30.3 Å². The first-order valence-electron chi connectivity index (χ1n) is 4.22. The molecule has 2 heteroatoms. The van der Waals surface area contributed by atoms with Crippen LogP contribution in [0, 0.1) is 6.92 Å². The number of hydrogen-bond acceptors (Lipinski definition) is 1. The quantitative estimate of drug-likeness (QED) is 0.631. The van der Waals surface area contributed by atoms with E-state index in [2.05, 4.69) is 30.1 Å². The van der Waals surface area contributed by atoms with Crippen molar-refractivity contribution in [3.63, 3.8) is 0 Å². The largest absolute Gasteiger partial charge is 0.251 e. The van der Waals surface area contributed by atoms with Crippen molar-refractivity contribution in [1.29, 1.82) is 0 Å². The number of rotatable bonds is 1. The van der Waals surface area contributed by atoms with Crippen molar-refractivity contribution in [3.05, 3.63) is 41.6 Å². The van der Waals surface area contributed by atoms with Gasteiger partial charge < -0.3 is 0 Å². The molecule has 0 saturated heterocycles. The predicted molar refractivity (Wildman–Crippen MR) is 56.0 cm³/mol. The summed E-state index contributed by atoms with van der Waals surface area (Å²) >= 11 is 5.72. The van der Waals surface area contributed by atoms with E-state index in [1.54, 1.807) is 0 Å². The van der Waals surface area contributed by atoms with Gasteiger partial charge in [0.15, 0.2) is 0 Å². The summed E-state index contributed by atoms with van der Waals surface area (Å²) < 4.78 is 0. The van der Waals surface area contributed by atoms with E-state index in [1.165, 1.54) is 10.9 Å². The Labute approximate surface area is 82.4 Å². The minimum Gasteiger partial charge on any atom is -0.251 e. The van der Waals surface area contributed by atoms with E-state index in [1.807, 2.05) is 12.1 Å². The molecule has 1 aromatic heterocycles. The number of benzene rings is 1. The Kier molecular flexibility index (Phi) is 2.19. The van der Waals surface area contributed by atoms with Crippen LogP contribution in [0.2, 0.25) is 0 Å². The summed E-state index contributed by atoms with van der Waals surface area (Å²) in [5.41, 5.74) is 3.19. The number of aryl methyl sites for hydroxylation is 1. The van der Waals surface area contributed by atoms with Crippen molar-refractivity contribution < 1.29 is 0 Å². The fourth-order valence-electron chi connectivity index (χ4n) is 1.41. The number of nitrogens with zero attached hydrogens (tertiary/aromatic N) is 1. The first-order chi connectivity index (χ1) is 6.31. The van der Waals surface area contributed by atoms with Crippen LogP contribution in [0.25, 0.3) is 10.9 Å². The van der Waals surface area contributed by atoms with E-state index in [4.69, 9.17) is 11.6 Å². The Bertz CT molecular complexity index is 437. The van der Waals surface area contributed by atoms with E-state index in [9.17, 15) is 0 Å². The van der Waals surface area contributed by atoms with Crippen LogP contribution in [-0.2, 0) is 5.88 Å². The van der Waals surface area contributed by atoms with Crippen molar-refractivity contribution in [2.24, 2.45) is 0 Å². The summed E-state index contributed by atoms with van der Waals surface area (Å²) in [6, 6.07) is 10.2. The molecule has 0 radical (unpaired) electrons. The van der Waals surface area contributed by atoms with Crippen molar-refractivity contribution in [3.8, 4) is 0 Å². The van der Waals surface area contributed by atoms with Crippen LogP contribution in [-0.4, -0.2) is 4.98 Å². The zero-order valence-electron chi connectivity index (χ0n) is 7.42. The molecule has 0 spiro atoms. The molecule has 0 amide bonds. The highest BCUT2D eigenvalue weighted by molar-refractivity contribution is 6.16. The molecule has 0 aliphatic carbocycles. The molecule has 0 bridgehead atoms. The second-order valence-corrected chi connectivity index (χ2v) is 3.35. The van der Waals surface area contributed by atoms with Gasteiger partial charge in [-0.3, -0.25) is 4.98 Å². The minimum absolute atomic E-state index is 0.476. The van der Waals surface area contributed by atoms with E-state index in [0.717, 1.165) is 11.2 Å². The molecule has 2 rings (SSSR count). The number of para-hydroxylation sites is 1. The highest BCUT2D eigenvalue weighted by Gasteiger charge is 1.98. The SMILES string of the molecule is Cc1cccc2ccc(CCl)nc12. The number of hydrogen-bond donors (Lipinski definition) is 0. The van der Waals surface area contributed by atoms with Crippen molar-refractivity contribution in [1.82, 2.24) is 4.98 Å². The maximum absolute atomic E-state index is 5.72. The van der Waals surface area contributed by atoms with Gasteiger partial charge >= 0.3 is 0 Å². The summed E-state index contributed by atoms with van der Waals surface area (Å²) in [6.45, 7) is 2.06. The molecule has 66 valence electrons. The third kappa shape index (κ3) is 1.52. The predicted octanol–water partition coefficient (Wildman–Crippen LogP) is 3.28. The molecule has 0 aliphatic rings. The van der Waals surface area contributed by atoms with Crippen LogP contribution in [0.4, 0.5) is 0 Å². The van der Waals surface area contributed by atoms with Crippen molar-refractivity contribution in [2.75, 3.05) is 0 Å². The van der Waals surface area contributed by atoms with Crippen LogP contribution in [0.3, 0.4) is 0 Å². The van der Waals surface area contributed by atoms with E-state index in [0.29, 0.717) is 5.88 Å². The summed E-state index contributed by atoms with van der Waals surface area (Å²) in [4.78, 5) is 4.46. The Morgan fingerprint density at radius 1 is 1.23 bits per heavy atom. The van der Waals surface area contributed by atoms with Crippen LogP contribution in [0.5, 0.6) is 0 Å². The molecule has 0 N–H and O–H groups in total. The third-order valence-electron chi connectivity index (χ3n) is 2.12. The Balaban J connectivity index is 2.74. The van der Waals surface area contributed by atoms with Gasteiger partial charge in [-0.05, 0) is 18.6 Å². The fraction of sp³-hybridized carbons (Fsp3) is 0.182. The molecule has 1 heterocycles. The minimum atomic E-state index is 0.476. The molecule has 1 aromatic carbocycles. The lowest BCUT2D eigenvalue weighted by molar-refractivity contribution is 1.21. The molecular weight excluding hydrogens is 182 g/mol. The van der Waals surface area contributed by atoms with Gasteiger partial charge in [0.05, 0.1) is 17.1 Å². The monoisotopic (exact) mass is 191 g/mol. The van der Waals surface area contributed by atoms with E-state index in [-0.39, 0.29) is 0 Å². The van der Waals surface area contributed by atoms with Crippen LogP contribution < -0.4 is 0 Å². The third-order valence-corrected chi connectivity index (χ3v) is 2.39. The lowest BCUT2D eigenvalue weighted by Gasteiger charge is -2.02. The first kappa shape index (κ1) is 8.52. The molecule has 13 heavy (non-hydrogen) atoms. The average molecular weight is 192 g/mol. The average Bonchev–Trinajstić information content (AvgIpc) is 2.18. The zero-order chi connectivity index (χ0) is 9.26.